The Labute approximate surface area is 171 Å². The number of halogens is 3. The van der Waals surface area contributed by atoms with E-state index in [2.05, 4.69) is 10.6 Å². The van der Waals surface area contributed by atoms with Crippen molar-refractivity contribution in [2.75, 3.05) is 13.1 Å². The molecule has 6 nitrogen and oxygen atoms in total. The quantitative estimate of drug-likeness (QED) is 0.421. The molecule has 1 aromatic rings. The maximum atomic E-state index is 12.1. The fourth-order valence-electron chi connectivity index (χ4n) is 3.68. The average molecular weight is 438 g/mol. The lowest BCUT2D eigenvalue weighted by molar-refractivity contribution is -0.119. The van der Waals surface area contributed by atoms with Crippen LogP contribution in [0.5, 0.6) is 0 Å². The standard InChI is InChI=1S/C16H19Cl3N4O2S/c1-9(24)20-14(16(17,18)19)21-15(26)22-6-10-5-11(8-22)12-3-2-4-13(25)23(12)7-10/h2-4,10-11,14H,5-8H2,1H3,(H,20,24)(H,21,26)/t10-,11+,14?/m1/s1. The Hall–Kier alpha value is -1.02. The van der Waals surface area contributed by atoms with Gasteiger partial charge < -0.3 is 20.1 Å². The lowest BCUT2D eigenvalue weighted by Crippen LogP contribution is -2.59. The molecule has 1 amide bonds. The SMILES string of the molecule is CC(=O)NC(NC(=S)N1C[C@H]2C[C@@H](C1)c1cccc(=O)n1C2)C(Cl)(Cl)Cl. The number of aromatic nitrogens is 1. The number of amides is 1. The average Bonchev–Trinajstić information content (AvgIpc) is 2.54. The number of hydrogen-bond donors (Lipinski definition) is 2. The summed E-state index contributed by atoms with van der Waals surface area (Å²) in [4.78, 5) is 25.5. The zero-order valence-corrected chi connectivity index (χ0v) is 17.1. The minimum Gasteiger partial charge on any atom is -0.348 e. The lowest BCUT2D eigenvalue weighted by Gasteiger charge is -2.44. The van der Waals surface area contributed by atoms with Gasteiger partial charge in [-0.2, -0.15) is 0 Å². The van der Waals surface area contributed by atoms with E-state index in [1.807, 2.05) is 15.5 Å². The van der Waals surface area contributed by atoms with Crippen molar-refractivity contribution in [3.63, 3.8) is 0 Å². The van der Waals surface area contributed by atoms with Gasteiger partial charge in [-0.25, -0.2) is 0 Å². The zero-order valence-electron chi connectivity index (χ0n) is 14.0. The largest absolute Gasteiger partial charge is 0.348 e. The molecule has 3 atom stereocenters. The molecule has 26 heavy (non-hydrogen) atoms. The van der Waals surface area contributed by atoms with E-state index in [0.29, 0.717) is 30.7 Å². The normalized spacial score (nSPS) is 23.0. The fourth-order valence-corrected chi connectivity index (χ4v) is 4.27. The number of pyridine rings is 1. The van der Waals surface area contributed by atoms with Crippen LogP contribution < -0.4 is 16.2 Å². The Bertz CT molecular complexity index is 779. The molecule has 2 bridgehead atoms. The van der Waals surface area contributed by atoms with Gasteiger partial charge in [0.25, 0.3) is 5.56 Å². The third-order valence-corrected chi connectivity index (χ3v) is 5.74. The van der Waals surface area contributed by atoms with E-state index in [0.717, 1.165) is 12.1 Å². The first-order chi connectivity index (χ1) is 12.1. The van der Waals surface area contributed by atoms with Crippen molar-refractivity contribution in [1.82, 2.24) is 20.1 Å². The van der Waals surface area contributed by atoms with E-state index in [9.17, 15) is 9.59 Å². The summed E-state index contributed by atoms with van der Waals surface area (Å²) in [5.41, 5.74) is 1.06. The number of carbonyl (C=O) groups is 1. The number of nitrogens with zero attached hydrogens (tertiary/aromatic N) is 2. The van der Waals surface area contributed by atoms with Crippen LogP contribution in [-0.4, -0.2) is 43.5 Å². The van der Waals surface area contributed by atoms with Crippen molar-refractivity contribution < 1.29 is 4.79 Å². The highest BCUT2D eigenvalue weighted by atomic mass is 35.6. The second kappa shape index (κ2) is 7.54. The maximum absolute atomic E-state index is 12.1. The molecule has 2 aliphatic heterocycles. The first-order valence-corrected chi connectivity index (χ1v) is 9.78. The Morgan fingerprint density at radius 1 is 1.27 bits per heavy atom. The molecule has 3 rings (SSSR count). The first kappa shape index (κ1) is 19.7. The van der Waals surface area contributed by atoms with Gasteiger partial charge in [-0.1, -0.05) is 40.9 Å². The molecular formula is C16H19Cl3N4O2S. The molecule has 1 unspecified atom stereocenters. The van der Waals surface area contributed by atoms with E-state index in [1.165, 1.54) is 6.92 Å². The Kier molecular flexibility index (Phi) is 5.72. The van der Waals surface area contributed by atoms with Crippen molar-refractivity contribution in [1.29, 1.82) is 0 Å². The number of rotatable bonds is 2. The van der Waals surface area contributed by atoms with Crippen molar-refractivity contribution in [3.8, 4) is 0 Å². The monoisotopic (exact) mass is 436 g/mol. The number of fused-ring (bicyclic) bond motifs is 4. The summed E-state index contributed by atoms with van der Waals surface area (Å²) >= 11 is 23.3. The van der Waals surface area contributed by atoms with Crippen LogP contribution in [0.1, 0.15) is 25.0 Å². The third kappa shape index (κ3) is 4.27. The molecule has 1 aromatic heterocycles. The van der Waals surface area contributed by atoms with Crippen LogP contribution in [0, 0.1) is 5.92 Å². The van der Waals surface area contributed by atoms with Crippen molar-refractivity contribution in [2.24, 2.45) is 5.92 Å². The summed E-state index contributed by atoms with van der Waals surface area (Å²) in [5.74, 6) is 0.191. The van der Waals surface area contributed by atoms with Gasteiger partial charge in [-0.3, -0.25) is 9.59 Å². The predicted octanol–water partition coefficient (Wildman–Crippen LogP) is 1.97. The minimum atomic E-state index is -1.75. The van der Waals surface area contributed by atoms with Crippen LogP contribution >= 0.6 is 47.0 Å². The Balaban J connectivity index is 1.74. The van der Waals surface area contributed by atoms with Gasteiger partial charge in [0.2, 0.25) is 9.70 Å². The van der Waals surface area contributed by atoms with E-state index >= 15 is 0 Å². The lowest BCUT2D eigenvalue weighted by atomic mass is 9.83. The molecule has 3 heterocycles. The smallest absolute Gasteiger partial charge is 0.250 e. The second-order valence-corrected chi connectivity index (χ2v) is 9.48. The van der Waals surface area contributed by atoms with E-state index < -0.39 is 9.96 Å². The number of hydrogen-bond acceptors (Lipinski definition) is 3. The molecule has 1 fully saturated rings. The number of thiocarbonyl (C=S) groups is 1. The van der Waals surface area contributed by atoms with Gasteiger partial charge in [0.05, 0.1) is 0 Å². The van der Waals surface area contributed by atoms with Gasteiger partial charge in [-0.05, 0) is 30.6 Å². The molecule has 0 radical (unpaired) electrons. The molecular weight excluding hydrogens is 419 g/mol. The molecule has 0 spiro atoms. The van der Waals surface area contributed by atoms with Crippen LogP contribution in [0.3, 0.4) is 0 Å². The summed E-state index contributed by atoms with van der Waals surface area (Å²) in [6, 6.07) is 5.37. The van der Waals surface area contributed by atoms with Gasteiger partial charge in [0.15, 0.2) is 5.11 Å². The number of alkyl halides is 3. The van der Waals surface area contributed by atoms with Gasteiger partial charge in [0.1, 0.15) is 6.17 Å². The van der Waals surface area contributed by atoms with Crippen LogP contribution in [0.25, 0.3) is 0 Å². The molecule has 0 saturated carbocycles. The van der Waals surface area contributed by atoms with Crippen LogP contribution in [0.2, 0.25) is 0 Å². The van der Waals surface area contributed by atoms with Crippen LogP contribution in [-0.2, 0) is 11.3 Å². The summed E-state index contributed by atoms with van der Waals surface area (Å²) in [6.45, 7) is 3.38. The van der Waals surface area contributed by atoms with E-state index in [-0.39, 0.29) is 17.4 Å². The summed E-state index contributed by atoms with van der Waals surface area (Å²) in [6.07, 6.45) is 0.0801. The topological polar surface area (TPSA) is 66.4 Å². The predicted molar refractivity (Wildman–Crippen MR) is 107 cm³/mol. The summed E-state index contributed by atoms with van der Waals surface area (Å²) in [7, 11) is 0. The Morgan fingerprint density at radius 3 is 2.65 bits per heavy atom. The highest BCUT2D eigenvalue weighted by Crippen LogP contribution is 2.35. The van der Waals surface area contributed by atoms with E-state index in [4.69, 9.17) is 47.0 Å². The highest BCUT2D eigenvalue weighted by Gasteiger charge is 2.38. The number of likely N-dealkylation sites (tertiary alicyclic amines) is 1. The van der Waals surface area contributed by atoms with Gasteiger partial charge >= 0.3 is 0 Å². The highest BCUT2D eigenvalue weighted by molar-refractivity contribution is 7.80. The zero-order chi connectivity index (χ0) is 19.1. The second-order valence-electron chi connectivity index (χ2n) is 6.73. The molecule has 0 aromatic carbocycles. The first-order valence-electron chi connectivity index (χ1n) is 8.24. The Morgan fingerprint density at radius 2 is 2.00 bits per heavy atom. The fraction of sp³-hybridized carbons (Fsp3) is 0.562. The van der Waals surface area contributed by atoms with Gasteiger partial charge in [-0.15, -0.1) is 0 Å². The summed E-state index contributed by atoms with van der Waals surface area (Å²) in [5, 5.41) is 5.91. The number of nitrogens with one attached hydrogen (secondary N) is 2. The molecule has 2 aliphatic rings. The molecule has 142 valence electrons. The molecule has 10 heteroatoms. The third-order valence-electron chi connectivity index (χ3n) is 4.71. The van der Waals surface area contributed by atoms with Crippen molar-refractivity contribution in [3.05, 3.63) is 34.2 Å². The maximum Gasteiger partial charge on any atom is 0.250 e. The van der Waals surface area contributed by atoms with Crippen molar-refractivity contribution >= 4 is 58.0 Å². The number of carbonyl (C=O) groups excluding carboxylic acids is 1. The molecule has 1 saturated heterocycles. The van der Waals surface area contributed by atoms with E-state index in [1.54, 1.807) is 12.1 Å². The van der Waals surface area contributed by atoms with Crippen LogP contribution in [0.4, 0.5) is 0 Å². The minimum absolute atomic E-state index is 0.0354. The van der Waals surface area contributed by atoms with Gasteiger partial charge in [0, 0.05) is 44.2 Å². The van der Waals surface area contributed by atoms with Crippen LogP contribution in [0.15, 0.2) is 23.0 Å². The number of piperidine rings is 1. The molecule has 0 aliphatic carbocycles. The summed E-state index contributed by atoms with van der Waals surface area (Å²) < 4.78 is 0.107. The van der Waals surface area contributed by atoms with Crippen molar-refractivity contribution in [2.45, 2.75) is 35.8 Å². The molecule has 2 N–H and O–H groups in total.